The number of aromatic nitrogens is 4. The predicted molar refractivity (Wildman–Crippen MR) is 83.6 cm³/mol. The third-order valence-electron chi connectivity index (χ3n) is 4.96. The van der Waals surface area contributed by atoms with E-state index in [0.29, 0.717) is 12.0 Å². The summed E-state index contributed by atoms with van der Waals surface area (Å²) in [5, 5.41) is 18.4. The smallest absolute Gasteiger partial charge is 0.234 e. The average Bonchev–Trinajstić information content (AvgIpc) is 3.08. The van der Waals surface area contributed by atoms with Gasteiger partial charge in [-0.3, -0.25) is 0 Å². The number of hydrogen-bond acceptors (Lipinski definition) is 5. The number of rotatable bonds is 2. The Morgan fingerprint density at radius 3 is 2.81 bits per heavy atom. The van der Waals surface area contributed by atoms with Crippen LogP contribution in [0.5, 0.6) is 0 Å². The Bertz CT molecular complexity index is 613. The molecule has 1 N–H and O–H groups in total. The zero-order chi connectivity index (χ0) is 14.2. The van der Waals surface area contributed by atoms with Gasteiger partial charge in [-0.05, 0) is 38.1 Å². The van der Waals surface area contributed by atoms with Crippen molar-refractivity contribution in [2.45, 2.75) is 63.8 Å². The molecule has 0 aromatic carbocycles. The summed E-state index contributed by atoms with van der Waals surface area (Å²) in [6.07, 6.45) is 8.94. The molecule has 2 aromatic heterocycles. The Labute approximate surface area is 129 Å². The summed E-state index contributed by atoms with van der Waals surface area (Å²) in [6, 6.07) is 0.402. The van der Waals surface area contributed by atoms with E-state index in [4.69, 9.17) is 5.10 Å². The Morgan fingerprint density at radius 2 is 2.00 bits per heavy atom. The number of nitrogens with one attached hydrogen (secondary N) is 1. The van der Waals surface area contributed by atoms with Crippen LogP contribution < -0.4 is 5.32 Å². The van der Waals surface area contributed by atoms with Crippen molar-refractivity contribution < 1.29 is 0 Å². The van der Waals surface area contributed by atoms with Crippen molar-refractivity contribution in [3.05, 3.63) is 10.8 Å². The molecule has 2 fully saturated rings. The maximum absolute atomic E-state index is 4.85. The van der Waals surface area contributed by atoms with Crippen LogP contribution >= 0.6 is 11.3 Å². The maximum atomic E-state index is 4.85. The number of fused-ring (bicyclic) bond motifs is 1. The van der Waals surface area contributed by atoms with Crippen molar-refractivity contribution in [1.82, 2.24) is 25.1 Å². The summed E-state index contributed by atoms with van der Waals surface area (Å²) >= 11 is 1.71. The third kappa shape index (κ3) is 2.59. The van der Waals surface area contributed by atoms with E-state index in [9.17, 15) is 0 Å². The summed E-state index contributed by atoms with van der Waals surface area (Å²) in [7, 11) is 0. The summed E-state index contributed by atoms with van der Waals surface area (Å²) in [6.45, 7) is 3.43. The van der Waals surface area contributed by atoms with Gasteiger partial charge in [0, 0.05) is 5.92 Å². The molecule has 0 spiro atoms. The highest BCUT2D eigenvalue weighted by Gasteiger charge is 2.26. The lowest BCUT2D eigenvalue weighted by Crippen LogP contribution is -2.30. The lowest BCUT2D eigenvalue weighted by atomic mass is 9.89. The lowest BCUT2D eigenvalue weighted by Gasteiger charge is -2.26. The first-order valence-corrected chi connectivity index (χ1v) is 9.08. The van der Waals surface area contributed by atoms with E-state index in [2.05, 4.69) is 22.4 Å². The molecule has 0 bridgehead atoms. The Balaban J connectivity index is 1.62. The highest BCUT2D eigenvalue weighted by atomic mass is 32.1. The Kier molecular flexibility index (Phi) is 3.67. The van der Waals surface area contributed by atoms with E-state index < -0.39 is 0 Å². The van der Waals surface area contributed by atoms with E-state index in [-0.39, 0.29) is 0 Å². The van der Waals surface area contributed by atoms with E-state index >= 15 is 0 Å². The first kappa shape index (κ1) is 13.6. The molecule has 21 heavy (non-hydrogen) atoms. The van der Waals surface area contributed by atoms with Gasteiger partial charge in [-0.1, -0.05) is 37.5 Å². The normalized spacial score (nSPS) is 28.2. The molecule has 3 heterocycles. The standard InChI is InChI=1S/C15H23N5S/c1-10-7-8-16-12(9-10)14-19-20-13(17-18-15(20)21-14)11-5-3-2-4-6-11/h10-12,16H,2-9H2,1H3. The van der Waals surface area contributed by atoms with Gasteiger partial charge in [0.25, 0.3) is 0 Å². The van der Waals surface area contributed by atoms with E-state index in [1.54, 1.807) is 11.3 Å². The number of hydrogen-bond donors (Lipinski definition) is 1. The van der Waals surface area contributed by atoms with Gasteiger partial charge in [-0.25, -0.2) is 0 Å². The quantitative estimate of drug-likeness (QED) is 0.925. The van der Waals surface area contributed by atoms with Gasteiger partial charge >= 0.3 is 0 Å². The average molecular weight is 305 g/mol. The minimum atomic E-state index is 0.402. The Hall–Kier alpha value is -1.01. The van der Waals surface area contributed by atoms with Crippen LogP contribution in [0.4, 0.5) is 0 Å². The molecule has 2 aliphatic rings. The molecule has 1 saturated carbocycles. The molecule has 5 nitrogen and oxygen atoms in total. The number of piperidine rings is 1. The van der Waals surface area contributed by atoms with Gasteiger partial charge in [0.15, 0.2) is 5.82 Å². The molecule has 1 aliphatic carbocycles. The molecule has 1 saturated heterocycles. The van der Waals surface area contributed by atoms with Gasteiger partial charge in [-0.15, -0.1) is 10.2 Å². The van der Waals surface area contributed by atoms with Gasteiger partial charge in [0.2, 0.25) is 4.96 Å². The van der Waals surface area contributed by atoms with Crippen molar-refractivity contribution in [2.24, 2.45) is 5.92 Å². The van der Waals surface area contributed by atoms with E-state index in [1.165, 1.54) is 50.0 Å². The molecule has 114 valence electrons. The zero-order valence-electron chi connectivity index (χ0n) is 12.6. The molecule has 2 aromatic rings. The SMILES string of the molecule is CC1CCNC(c2nn3c(C4CCCCC4)nnc3s2)C1. The van der Waals surface area contributed by atoms with Crippen LogP contribution in [-0.2, 0) is 0 Å². The molecule has 0 radical (unpaired) electrons. The zero-order valence-corrected chi connectivity index (χ0v) is 13.4. The van der Waals surface area contributed by atoms with Gasteiger partial charge in [0.1, 0.15) is 5.01 Å². The first-order chi connectivity index (χ1) is 10.3. The van der Waals surface area contributed by atoms with E-state index in [0.717, 1.165) is 23.2 Å². The first-order valence-electron chi connectivity index (χ1n) is 8.26. The number of nitrogens with zero attached hydrogens (tertiary/aromatic N) is 4. The van der Waals surface area contributed by atoms with Crippen molar-refractivity contribution >= 4 is 16.3 Å². The van der Waals surface area contributed by atoms with Crippen LogP contribution in [0.25, 0.3) is 4.96 Å². The fourth-order valence-corrected chi connectivity index (χ4v) is 4.63. The maximum Gasteiger partial charge on any atom is 0.234 e. The van der Waals surface area contributed by atoms with Crippen LogP contribution in [-0.4, -0.2) is 26.4 Å². The molecule has 6 heteroatoms. The van der Waals surface area contributed by atoms with Gasteiger partial charge in [-0.2, -0.15) is 9.61 Å². The summed E-state index contributed by atoms with van der Waals surface area (Å²) < 4.78 is 2.02. The minimum absolute atomic E-state index is 0.402. The Morgan fingerprint density at radius 1 is 1.14 bits per heavy atom. The minimum Gasteiger partial charge on any atom is -0.308 e. The molecule has 1 aliphatic heterocycles. The van der Waals surface area contributed by atoms with Crippen molar-refractivity contribution in [1.29, 1.82) is 0 Å². The summed E-state index contributed by atoms with van der Waals surface area (Å²) in [4.78, 5) is 0.964. The fraction of sp³-hybridized carbons (Fsp3) is 0.800. The monoisotopic (exact) mass is 305 g/mol. The lowest BCUT2D eigenvalue weighted by molar-refractivity contribution is 0.323. The topological polar surface area (TPSA) is 55.1 Å². The van der Waals surface area contributed by atoms with E-state index in [1.807, 2.05) is 4.52 Å². The van der Waals surface area contributed by atoms with Crippen molar-refractivity contribution in [2.75, 3.05) is 6.54 Å². The van der Waals surface area contributed by atoms with Crippen LogP contribution in [0, 0.1) is 5.92 Å². The second-order valence-electron chi connectivity index (χ2n) is 6.66. The van der Waals surface area contributed by atoms with Gasteiger partial charge < -0.3 is 5.32 Å². The second-order valence-corrected chi connectivity index (χ2v) is 7.65. The largest absolute Gasteiger partial charge is 0.308 e. The summed E-state index contributed by atoms with van der Waals surface area (Å²) in [5.74, 6) is 2.43. The van der Waals surface area contributed by atoms with Crippen molar-refractivity contribution in [3.8, 4) is 0 Å². The predicted octanol–water partition coefficient (Wildman–Crippen LogP) is 3.29. The van der Waals surface area contributed by atoms with Crippen molar-refractivity contribution in [3.63, 3.8) is 0 Å². The van der Waals surface area contributed by atoms with Crippen LogP contribution in [0.15, 0.2) is 0 Å². The highest BCUT2D eigenvalue weighted by molar-refractivity contribution is 7.16. The molecule has 2 unspecified atom stereocenters. The third-order valence-corrected chi connectivity index (χ3v) is 5.98. The van der Waals surface area contributed by atoms with Crippen LogP contribution in [0.2, 0.25) is 0 Å². The molecular weight excluding hydrogens is 282 g/mol. The molecule has 4 rings (SSSR count). The molecular formula is C15H23N5S. The second kappa shape index (κ2) is 5.65. The van der Waals surface area contributed by atoms with Gasteiger partial charge in [0.05, 0.1) is 6.04 Å². The fourth-order valence-electron chi connectivity index (χ4n) is 3.70. The molecule has 0 amide bonds. The highest BCUT2D eigenvalue weighted by Crippen LogP contribution is 2.34. The van der Waals surface area contributed by atoms with Crippen LogP contribution in [0.1, 0.15) is 74.7 Å². The van der Waals surface area contributed by atoms with Crippen LogP contribution in [0.3, 0.4) is 0 Å². The molecule has 2 atom stereocenters. The summed E-state index contributed by atoms with van der Waals surface area (Å²) in [5.41, 5.74) is 0.